The largest absolute Gasteiger partial charge is 0.481 e. The molecule has 12 heavy (non-hydrogen) atoms. The summed E-state index contributed by atoms with van der Waals surface area (Å²) in [6.45, 7) is 3.55. The number of nitrogens with two attached hydrogens (primary N) is 1. The third-order valence-corrected chi connectivity index (χ3v) is 2.25. The predicted molar refractivity (Wildman–Crippen MR) is 46.4 cm³/mol. The summed E-state index contributed by atoms with van der Waals surface area (Å²) in [7, 11) is 0. The number of carboxylic acid groups (broad SMARTS) is 1. The van der Waals surface area contributed by atoms with Gasteiger partial charge in [-0.25, -0.2) is 0 Å². The lowest BCUT2D eigenvalue weighted by atomic mass is 9.81. The lowest BCUT2D eigenvalue weighted by Gasteiger charge is -2.25. The van der Waals surface area contributed by atoms with Crippen molar-refractivity contribution in [3.8, 4) is 0 Å². The van der Waals surface area contributed by atoms with E-state index in [1.54, 1.807) is 19.1 Å². The molecule has 0 heterocycles. The van der Waals surface area contributed by atoms with Gasteiger partial charge in [0.2, 0.25) is 0 Å². The van der Waals surface area contributed by atoms with Crippen LogP contribution in [-0.2, 0) is 4.79 Å². The van der Waals surface area contributed by atoms with E-state index in [2.05, 4.69) is 0 Å². The lowest BCUT2D eigenvalue weighted by molar-refractivity contribution is -0.145. The van der Waals surface area contributed by atoms with Crippen molar-refractivity contribution in [2.75, 3.05) is 0 Å². The standard InChI is InChI=1S/C9H13NO2/c1-6-3-4-9(2,8(11)12)5-7(6)10/h3-4H,5,10H2,1-2H3,(H,11,12). The zero-order valence-electron chi connectivity index (χ0n) is 7.29. The van der Waals surface area contributed by atoms with Crippen molar-refractivity contribution in [2.45, 2.75) is 20.3 Å². The first-order chi connectivity index (χ1) is 5.46. The Morgan fingerprint density at radius 2 is 2.33 bits per heavy atom. The zero-order valence-corrected chi connectivity index (χ0v) is 7.29. The molecule has 1 aliphatic carbocycles. The van der Waals surface area contributed by atoms with Gasteiger partial charge in [-0.2, -0.15) is 0 Å². The number of carboxylic acids is 1. The maximum atomic E-state index is 10.8. The van der Waals surface area contributed by atoms with Crippen LogP contribution in [0.2, 0.25) is 0 Å². The summed E-state index contributed by atoms with van der Waals surface area (Å²) >= 11 is 0. The van der Waals surface area contributed by atoms with Crippen LogP contribution in [0.25, 0.3) is 0 Å². The molecule has 1 unspecified atom stereocenters. The van der Waals surface area contributed by atoms with Gasteiger partial charge < -0.3 is 10.8 Å². The first kappa shape index (κ1) is 8.84. The number of allylic oxidation sites excluding steroid dienone is 3. The number of hydrogen-bond donors (Lipinski definition) is 2. The highest BCUT2D eigenvalue weighted by Crippen LogP contribution is 2.31. The van der Waals surface area contributed by atoms with Gasteiger partial charge in [0, 0.05) is 12.1 Å². The molecule has 0 aromatic heterocycles. The average Bonchev–Trinajstić information content (AvgIpc) is 1.97. The molecule has 3 heteroatoms. The van der Waals surface area contributed by atoms with Crippen LogP contribution in [0.5, 0.6) is 0 Å². The Morgan fingerprint density at radius 1 is 1.75 bits per heavy atom. The Labute approximate surface area is 71.6 Å². The summed E-state index contributed by atoms with van der Waals surface area (Å²) in [5.41, 5.74) is 6.48. The Bertz CT molecular complexity index is 278. The Balaban J connectivity index is 2.94. The fourth-order valence-corrected chi connectivity index (χ4v) is 1.16. The quantitative estimate of drug-likeness (QED) is 0.618. The topological polar surface area (TPSA) is 63.3 Å². The Kier molecular flexibility index (Phi) is 1.96. The van der Waals surface area contributed by atoms with Gasteiger partial charge in [0.1, 0.15) is 0 Å². The van der Waals surface area contributed by atoms with Crippen molar-refractivity contribution in [2.24, 2.45) is 11.1 Å². The molecule has 0 bridgehead atoms. The molecule has 0 aromatic rings. The van der Waals surface area contributed by atoms with Crippen molar-refractivity contribution in [1.29, 1.82) is 0 Å². The van der Waals surface area contributed by atoms with E-state index in [0.29, 0.717) is 12.1 Å². The third-order valence-electron chi connectivity index (χ3n) is 2.25. The van der Waals surface area contributed by atoms with E-state index in [9.17, 15) is 4.79 Å². The molecule has 0 radical (unpaired) electrons. The summed E-state index contributed by atoms with van der Waals surface area (Å²) in [6.07, 6.45) is 3.87. The summed E-state index contributed by atoms with van der Waals surface area (Å²) < 4.78 is 0. The molecule has 0 saturated carbocycles. The van der Waals surface area contributed by atoms with E-state index in [4.69, 9.17) is 10.8 Å². The molecular formula is C9H13NO2. The minimum atomic E-state index is -0.825. The highest BCUT2D eigenvalue weighted by molar-refractivity contribution is 5.77. The highest BCUT2D eigenvalue weighted by Gasteiger charge is 2.32. The fraction of sp³-hybridized carbons (Fsp3) is 0.444. The molecule has 0 aliphatic heterocycles. The molecular weight excluding hydrogens is 154 g/mol. The molecule has 66 valence electrons. The molecule has 1 rings (SSSR count). The van der Waals surface area contributed by atoms with Crippen LogP contribution >= 0.6 is 0 Å². The van der Waals surface area contributed by atoms with Crippen LogP contribution < -0.4 is 5.73 Å². The maximum Gasteiger partial charge on any atom is 0.313 e. The van der Waals surface area contributed by atoms with E-state index in [0.717, 1.165) is 5.57 Å². The van der Waals surface area contributed by atoms with Crippen LogP contribution in [0.3, 0.4) is 0 Å². The van der Waals surface area contributed by atoms with Crippen LogP contribution in [-0.4, -0.2) is 11.1 Å². The predicted octanol–water partition coefficient (Wildman–Crippen LogP) is 1.27. The summed E-state index contributed by atoms with van der Waals surface area (Å²) in [6, 6.07) is 0. The minimum Gasteiger partial charge on any atom is -0.481 e. The van der Waals surface area contributed by atoms with Crippen molar-refractivity contribution in [1.82, 2.24) is 0 Å². The van der Waals surface area contributed by atoms with Crippen LogP contribution in [0.4, 0.5) is 0 Å². The van der Waals surface area contributed by atoms with Crippen molar-refractivity contribution >= 4 is 5.97 Å². The molecule has 3 N–H and O–H groups in total. The molecule has 0 spiro atoms. The normalized spacial score (nSPS) is 29.2. The van der Waals surface area contributed by atoms with Gasteiger partial charge in [0.15, 0.2) is 0 Å². The van der Waals surface area contributed by atoms with Crippen LogP contribution in [0.1, 0.15) is 20.3 Å². The zero-order chi connectivity index (χ0) is 9.35. The van der Waals surface area contributed by atoms with Crippen molar-refractivity contribution < 1.29 is 9.90 Å². The van der Waals surface area contributed by atoms with Gasteiger partial charge >= 0.3 is 5.97 Å². The second-order valence-corrected chi connectivity index (χ2v) is 3.44. The van der Waals surface area contributed by atoms with Gasteiger partial charge in [-0.1, -0.05) is 12.2 Å². The smallest absolute Gasteiger partial charge is 0.313 e. The molecule has 1 aliphatic rings. The first-order valence-electron chi connectivity index (χ1n) is 3.83. The second kappa shape index (κ2) is 2.66. The van der Waals surface area contributed by atoms with Crippen molar-refractivity contribution in [3.63, 3.8) is 0 Å². The van der Waals surface area contributed by atoms with E-state index < -0.39 is 11.4 Å². The first-order valence-corrected chi connectivity index (χ1v) is 3.83. The number of rotatable bonds is 1. The molecule has 0 aromatic carbocycles. The van der Waals surface area contributed by atoms with E-state index in [1.807, 2.05) is 6.92 Å². The number of carbonyl (C=O) groups is 1. The van der Waals surface area contributed by atoms with Gasteiger partial charge in [0.25, 0.3) is 0 Å². The maximum absolute atomic E-state index is 10.8. The minimum absolute atomic E-state index is 0.407. The SMILES string of the molecule is CC1=C(N)CC(C)(C(=O)O)C=C1. The van der Waals surface area contributed by atoms with Crippen molar-refractivity contribution in [3.05, 3.63) is 23.4 Å². The van der Waals surface area contributed by atoms with Gasteiger partial charge in [0.05, 0.1) is 5.41 Å². The van der Waals surface area contributed by atoms with Gasteiger partial charge in [-0.05, 0) is 19.4 Å². The van der Waals surface area contributed by atoms with Gasteiger partial charge in [-0.3, -0.25) is 4.79 Å². The van der Waals surface area contributed by atoms with E-state index >= 15 is 0 Å². The average molecular weight is 167 g/mol. The lowest BCUT2D eigenvalue weighted by Crippen LogP contribution is -2.29. The number of hydrogen-bond acceptors (Lipinski definition) is 2. The Hall–Kier alpha value is -1.25. The molecule has 1 atom stereocenters. The summed E-state index contributed by atoms with van der Waals surface area (Å²) in [5.74, 6) is -0.825. The van der Waals surface area contributed by atoms with Crippen LogP contribution in [0.15, 0.2) is 23.4 Å². The number of aliphatic carboxylic acids is 1. The van der Waals surface area contributed by atoms with E-state index in [-0.39, 0.29) is 0 Å². The monoisotopic (exact) mass is 167 g/mol. The fourth-order valence-electron chi connectivity index (χ4n) is 1.16. The summed E-state index contributed by atoms with van der Waals surface area (Å²) in [5, 5.41) is 8.87. The Morgan fingerprint density at radius 3 is 2.75 bits per heavy atom. The molecule has 3 nitrogen and oxygen atoms in total. The summed E-state index contributed by atoms with van der Waals surface area (Å²) in [4.78, 5) is 10.8. The molecule has 0 amide bonds. The molecule has 0 fully saturated rings. The molecule has 0 saturated heterocycles. The van der Waals surface area contributed by atoms with Crippen LogP contribution in [0, 0.1) is 5.41 Å². The third kappa shape index (κ3) is 1.35. The van der Waals surface area contributed by atoms with E-state index in [1.165, 1.54) is 0 Å². The van der Waals surface area contributed by atoms with Gasteiger partial charge in [-0.15, -0.1) is 0 Å². The highest BCUT2D eigenvalue weighted by atomic mass is 16.4. The second-order valence-electron chi connectivity index (χ2n) is 3.44.